The Labute approximate surface area is 94.9 Å². The fraction of sp³-hybridized carbons (Fsp3) is 0.818. The van der Waals surface area contributed by atoms with Crippen molar-refractivity contribution in [2.45, 2.75) is 37.8 Å². The zero-order valence-electron chi connectivity index (χ0n) is 9.71. The van der Waals surface area contributed by atoms with Crippen LogP contribution >= 0.6 is 0 Å². The molecular weight excluding hydrogens is 208 g/mol. The van der Waals surface area contributed by atoms with E-state index < -0.39 is 5.54 Å². The maximum Gasteiger partial charge on any atom is 0.325 e. The van der Waals surface area contributed by atoms with Gasteiger partial charge in [-0.2, -0.15) is 0 Å². The summed E-state index contributed by atoms with van der Waals surface area (Å²) in [5.74, 6) is -0.331. The van der Waals surface area contributed by atoms with E-state index in [0.29, 0.717) is 6.42 Å². The second-order valence-electron chi connectivity index (χ2n) is 4.82. The van der Waals surface area contributed by atoms with Gasteiger partial charge in [0.05, 0.1) is 13.0 Å². The van der Waals surface area contributed by atoms with Crippen LogP contribution in [0.25, 0.3) is 0 Å². The number of carbonyl (C=O) groups excluding carboxylic acids is 2. The lowest BCUT2D eigenvalue weighted by Crippen LogP contribution is -2.48. The van der Waals surface area contributed by atoms with Crippen molar-refractivity contribution in [3.63, 3.8) is 0 Å². The van der Waals surface area contributed by atoms with E-state index in [9.17, 15) is 9.59 Å². The van der Waals surface area contributed by atoms with E-state index in [-0.39, 0.29) is 23.8 Å². The first kappa shape index (κ1) is 11.4. The quantitative estimate of drug-likeness (QED) is 0.608. The van der Waals surface area contributed by atoms with Crippen LogP contribution in [0.2, 0.25) is 0 Å². The van der Waals surface area contributed by atoms with E-state index in [1.165, 1.54) is 7.11 Å². The van der Waals surface area contributed by atoms with Gasteiger partial charge in [-0.25, -0.2) is 0 Å². The summed E-state index contributed by atoms with van der Waals surface area (Å²) < 4.78 is 4.78. The maximum absolute atomic E-state index is 11.8. The second kappa shape index (κ2) is 4.05. The van der Waals surface area contributed by atoms with Gasteiger partial charge in [0.15, 0.2) is 0 Å². The highest BCUT2D eigenvalue weighted by molar-refractivity contribution is 5.85. The van der Waals surface area contributed by atoms with Crippen LogP contribution in [-0.4, -0.2) is 37.1 Å². The number of esters is 1. The van der Waals surface area contributed by atoms with Crippen molar-refractivity contribution in [3.8, 4) is 0 Å². The summed E-state index contributed by atoms with van der Waals surface area (Å²) in [5, 5.41) is 6.13. The molecule has 2 N–H and O–H groups in total. The molecule has 5 heteroatoms. The highest BCUT2D eigenvalue weighted by Crippen LogP contribution is 2.33. The summed E-state index contributed by atoms with van der Waals surface area (Å²) >= 11 is 0. The van der Waals surface area contributed by atoms with Gasteiger partial charge in [-0.05, 0) is 26.2 Å². The molecule has 16 heavy (non-hydrogen) atoms. The van der Waals surface area contributed by atoms with Crippen LogP contribution in [0, 0.1) is 5.92 Å². The predicted molar refractivity (Wildman–Crippen MR) is 57.7 cm³/mol. The van der Waals surface area contributed by atoms with Crippen molar-refractivity contribution in [1.82, 2.24) is 10.6 Å². The number of fused-ring (bicyclic) bond motifs is 1. The van der Waals surface area contributed by atoms with Gasteiger partial charge < -0.3 is 10.1 Å². The molecule has 0 unspecified atom stereocenters. The fourth-order valence-electron chi connectivity index (χ4n) is 2.73. The molecule has 0 saturated carbocycles. The molecule has 90 valence electrons. The van der Waals surface area contributed by atoms with Gasteiger partial charge in [-0.1, -0.05) is 0 Å². The Hall–Kier alpha value is -1.10. The van der Waals surface area contributed by atoms with Crippen molar-refractivity contribution < 1.29 is 14.3 Å². The Morgan fingerprint density at radius 3 is 3.00 bits per heavy atom. The van der Waals surface area contributed by atoms with E-state index in [1.54, 1.807) is 6.92 Å². The molecule has 0 bridgehead atoms. The first-order valence-corrected chi connectivity index (χ1v) is 5.70. The van der Waals surface area contributed by atoms with Crippen LogP contribution in [0.1, 0.15) is 26.2 Å². The van der Waals surface area contributed by atoms with Crippen LogP contribution in [-0.2, 0) is 14.3 Å². The maximum atomic E-state index is 11.8. The molecule has 2 aliphatic rings. The van der Waals surface area contributed by atoms with Crippen molar-refractivity contribution in [2.24, 2.45) is 5.92 Å². The lowest BCUT2D eigenvalue weighted by molar-refractivity contribution is -0.147. The molecule has 5 nitrogen and oxygen atoms in total. The zero-order valence-corrected chi connectivity index (χ0v) is 9.71. The van der Waals surface area contributed by atoms with Crippen molar-refractivity contribution in [3.05, 3.63) is 0 Å². The number of hydrogen-bond donors (Lipinski definition) is 2. The molecule has 2 rings (SSSR count). The van der Waals surface area contributed by atoms with E-state index in [2.05, 4.69) is 10.6 Å². The molecule has 0 aromatic heterocycles. The van der Waals surface area contributed by atoms with Gasteiger partial charge in [0.1, 0.15) is 5.54 Å². The van der Waals surface area contributed by atoms with Gasteiger partial charge in [-0.3, -0.25) is 14.9 Å². The monoisotopic (exact) mass is 226 g/mol. The molecule has 2 heterocycles. The summed E-state index contributed by atoms with van der Waals surface area (Å²) in [5.41, 5.74) is -0.710. The van der Waals surface area contributed by atoms with E-state index >= 15 is 0 Å². The van der Waals surface area contributed by atoms with Gasteiger partial charge >= 0.3 is 5.97 Å². The van der Waals surface area contributed by atoms with Gasteiger partial charge in [0, 0.05) is 12.6 Å². The van der Waals surface area contributed by atoms with Gasteiger partial charge in [0.25, 0.3) is 0 Å². The van der Waals surface area contributed by atoms with Crippen LogP contribution < -0.4 is 10.6 Å². The molecule has 0 aliphatic carbocycles. The third-order valence-corrected chi connectivity index (χ3v) is 3.58. The number of ether oxygens (including phenoxy) is 1. The standard InChI is InChI=1S/C11H18N2O3/c1-11(10(15)16-2)6-7-8(13-11)4-3-5-12-9(7)14/h7-8,13H,3-6H2,1-2H3,(H,12,14)/t7-,8+,11+/m1/s1. The summed E-state index contributed by atoms with van der Waals surface area (Å²) in [4.78, 5) is 23.4. The molecule has 0 radical (unpaired) electrons. The average molecular weight is 226 g/mol. The fourth-order valence-corrected chi connectivity index (χ4v) is 2.73. The minimum atomic E-state index is -0.710. The van der Waals surface area contributed by atoms with Crippen LogP contribution in [0.15, 0.2) is 0 Å². The number of carbonyl (C=O) groups is 2. The SMILES string of the molecule is COC(=O)[C@]1(C)C[C@H]2C(=O)NCCC[C@@H]2N1. The Balaban J connectivity index is 2.16. The van der Waals surface area contributed by atoms with Crippen LogP contribution in [0.4, 0.5) is 0 Å². The number of rotatable bonds is 1. The van der Waals surface area contributed by atoms with E-state index in [0.717, 1.165) is 19.4 Å². The Morgan fingerprint density at radius 2 is 2.31 bits per heavy atom. The number of amides is 1. The van der Waals surface area contributed by atoms with E-state index in [4.69, 9.17) is 4.74 Å². The molecule has 3 atom stereocenters. The normalized spacial score (nSPS) is 38.5. The van der Waals surface area contributed by atoms with Crippen molar-refractivity contribution in [1.29, 1.82) is 0 Å². The van der Waals surface area contributed by atoms with E-state index in [1.807, 2.05) is 0 Å². The Kier molecular flexibility index (Phi) is 2.88. The first-order chi connectivity index (χ1) is 7.57. The molecule has 0 spiro atoms. The molecule has 1 amide bonds. The smallest absolute Gasteiger partial charge is 0.325 e. The summed E-state index contributed by atoms with van der Waals surface area (Å²) in [6.07, 6.45) is 2.41. The topological polar surface area (TPSA) is 67.4 Å². The molecule has 0 aromatic carbocycles. The zero-order chi connectivity index (χ0) is 11.8. The molecule has 2 saturated heterocycles. The summed E-state index contributed by atoms with van der Waals surface area (Å²) in [6, 6.07) is 0.103. The lowest BCUT2D eigenvalue weighted by Gasteiger charge is -2.22. The predicted octanol–water partition coefficient (Wildman–Crippen LogP) is -0.194. The second-order valence-corrected chi connectivity index (χ2v) is 4.82. The number of methoxy groups -OCH3 is 1. The Morgan fingerprint density at radius 1 is 1.56 bits per heavy atom. The van der Waals surface area contributed by atoms with Crippen LogP contribution in [0.5, 0.6) is 0 Å². The third kappa shape index (κ3) is 1.80. The number of nitrogens with one attached hydrogen (secondary N) is 2. The highest BCUT2D eigenvalue weighted by Gasteiger charge is 2.50. The minimum Gasteiger partial charge on any atom is -0.468 e. The molecule has 0 aromatic rings. The van der Waals surface area contributed by atoms with Crippen LogP contribution in [0.3, 0.4) is 0 Å². The first-order valence-electron chi connectivity index (χ1n) is 5.70. The molecule has 2 aliphatic heterocycles. The van der Waals surface area contributed by atoms with Crippen molar-refractivity contribution in [2.75, 3.05) is 13.7 Å². The summed E-state index contributed by atoms with van der Waals surface area (Å²) in [6.45, 7) is 2.54. The highest BCUT2D eigenvalue weighted by atomic mass is 16.5. The lowest BCUT2D eigenvalue weighted by atomic mass is 9.91. The van der Waals surface area contributed by atoms with Crippen molar-refractivity contribution >= 4 is 11.9 Å². The average Bonchev–Trinajstić information content (AvgIpc) is 2.53. The molecular formula is C11H18N2O3. The van der Waals surface area contributed by atoms with Gasteiger partial charge in [-0.15, -0.1) is 0 Å². The largest absolute Gasteiger partial charge is 0.468 e. The minimum absolute atomic E-state index is 0.0580. The Bertz CT molecular complexity index is 318. The van der Waals surface area contributed by atoms with Gasteiger partial charge in [0.2, 0.25) is 5.91 Å². The number of hydrogen-bond acceptors (Lipinski definition) is 4. The molecule has 2 fully saturated rings. The third-order valence-electron chi connectivity index (χ3n) is 3.58. The summed E-state index contributed by atoms with van der Waals surface area (Å²) in [7, 11) is 1.38.